The molecule has 20 heavy (non-hydrogen) atoms. The average Bonchev–Trinajstić information content (AvgIpc) is 2.45. The van der Waals surface area contributed by atoms with Crippen molar-refractivity contribution >= 4 is 5.69 Å². The first-order chi connectivity index (χ1) is 9.69. The fourth-order valence-corrected chi connectivity index (χ4v) is 1.97. The van der Waals surface area contributed by atoms with Gasteiger partial charge in [0, 0.05) is 24.9 Å². The van der Waals surface area contributed by atoms with Crippen LogP contribution in [0.25, 0.3) is 0 Å². The molecule has 0 amide bonds. The second kappa shape index (κ2) is 9.61. The summed E-state index contributed by atoms with van der Waals surface area (Å²) >= 11 is 0. The van der Waals surface area contributed by atoms with Crippen LogP contribution in [-0.2, 0) is 4.74 Å². The maximum Gasteiger partial charge on any atom is 0.121 e. The van der Waals surface area contributed by atoms with E-state index >= 15 is 0 Å². The first-order valence-corrected chi connectivity index (χ1v) is 7.41. The third kappa shape index (κ3) is 6.26. The zero-order chi connectivity index (χ0) is 14.8. The van der Waals surface area contributed by atoms with Gasteiger partial charge in [0.15, 0.2) is 0 Å². The highest BCUT2D eigenvalue weighted by atomic mass is 16.5. The van der Waals surface area contributed by atoms with E-state index in [-0.39, 0.29) is 12.1 Å². The van der Waals surface area contributed by atoms with Gasteiger partial charge in [0.05, 0.1) is 12.7 Å². The van der Waals surface area contributed by atoms with Gasteiger partial charge in [-0.15, -0.1) is 0 Å². The van der Waals surface area contributed by atoms with Crippen molar-refractivity contribution in [2.75, 3.05) is 25.6 Å². The second-order valence-electron chi connectivity index (χ2n) is 5.09. The molecular formula is C16H28N2O2. The molecule has 4 heteroatoms. The van der Waals surface area contributed by atoms with Gasteiger partial charge in [-0.2, -0.15) is 0 Å². The molecule has 0 saturated carbocycles. The fraction of sp³-hybridized carbons (Fsp3) is 0.625. The minimum atomic E-state index is 0.234. The Kier molecular flexibility index (Phi) is 8.07. The summed E-state index contributed by atoms with van der Waals surface area (Å²) in [6.45, 7) is 5.58. The summed E-state index contributed by atoms with van der Waals surface area (Å²) in [5.74, 6) is 0.902. The SMILES string of the molecule is CCC(C)Oc1cccc(NC(CCCN)COC)c1. The van der Waals surface area contributed by atoms with Crippen molar-refractivity contribution in [1.29, 1.82) is 0 Å². The van der Waals surface area contributed by atoms with E-state index < -0.39 is 0 Å². The van der Waals surface area contributed by atoms with Crippen LogP contribution in [0.4, 0.5) is 5.69 Å². The van der Waals surface area contributed by atoms with Gasteiger partial charge in [0.1, 0.15) is 5.75 Å². The summed E-state index contributed by atoms with van der Waals surface area (Å²) in [6.07, 6.45) is 3.22. The van der Waals surface area contributed by atoms with Crippen molar-refractivity contribution in [3.63, 3.8) is 0 Å². The lowest BCUT2D eigenvalue weighted by Crippen LogP contribution is -2.25. The summed E-state index contributed by atoms with van der Waals surface area (Å²) in [5, 5.41) is 3.49. The number of anilines is 1. The zero-order valence-electron chi connectivity index (χ0n) is 12.9. The minimum Gasteiger partial charge on any atom is -0.491 e. The monoisotopic (exact) mass is 280 g/mol. The van der Waals surface area contributed by atoms with Crippen LogP contribution in [0, 0.1) is 0 Å². The Balaban J connectivity index is 2.62. The van der Waals surface area contributed by atoms with Crippen LogP contribution >= 0.6 is 0 Å². The van der Waals surface area contributed by atoms with Crippen LogP contribution in [-0.4, -0.2) is 32.4 Å². The van der Waals surface area contributed by atoms with Crippen molar-refractivity contribution in [3.05, 3.63) is 24.3 Å². The minimum absolute atomic E-state index is 0.234. The van der Waals surface area contributed by atoms with Gasteiger partial charge in [-0.25, -0.2) is 0 Å². The van der Waals surface area contributed by atoms with E-state index in [9.17, 15) is 0 Å². The topological polar surface area (TPSA) is 56.5 Å². The Hall–Kier alpha value is -1.26. The van der Waals surface area contributed by atoms with Crippen LogP contribution in [0.5, 0.6) is 5.75 Å². The molecular weight excluding hydrogens is 252 g/mol. The molecule has 1 aromatic rings. The van der Waals surface area contributed by atoms with Gasteiger partial charge in [-0.1, -0.05) is 13.0 Å². The predicted molar refractivity (Wildman–Crippen MR) is 84.4 cm³/mol. The predicted octanol–water partition coefficient (Wildman–Crippen LogP) is 3.03. The summed E-state index contributed by atoms with van der Waals surface area (Å²) in [6, 6.07) is 8.36. The molecule has 0 bridgehead atoms. The smallest absolute Gasteiger partial charge is 0.121 e. The summed E-state index contributed by atoms with van der Waals surface area (Å²) in [5.41, 5.74) is 6.63. The largest absolute Gasteiger partial charge is 0.491 e. The van der Waals surface area contributed by atoms with Crippen LogP contribution in [0.15, 0.2) is 24.3 Å². The normalized spacial score (nSPS) is 13.8. The quantitative estimate of drug-likeness (QED) is 0.691. The third-order valence-corrected chi connectivity index (χ3v) is 3.24. The number of rotatable bonds is 10. The van der Waals surface area contributed by atoms with E-state index in [1.165, 1.54) is 0 Å². The number of nitrogens with one attached hydrogen (secondary N) is 1. The molecule has 0 aliphatic carbocycles. The molecule has 0 spiro atoms. The molecule has 3 N–H and O–H groups in total. The summed E-state index contributed by atoms with van der Waals surface area (Å²) < 4.78 is 11.1. The highest BCUT2D eigenvalue weighted by molar-refractivity contribution is 5.48. The molecule has 0 saturated heterocycles. The summed E-state index contributed by atoms with van der Waals surface area (Å²) in [7, 11) is 1.72. The molecule has 1 rings (SSSR count). The lowest BCUT2D eigenvalue weighted by molar-refractivity contribution is 0.182. The molecule has 2 unspecified atom stereocenters. The molecule has 0 radical (unpaired) electrons. The molecule has 1 aromatic carbocycles. The van der Waals surface area contributed by atoms with E-state index in [0.29, 0.717) is 13.2 Å². The van der Waals surface area contributed by atoms with Crippen LogP contribution in [0.3, 0.4) is 0 Å². The van der Waals surface area contributed by atoms with Crippen molar-refractivity contribution in [2.45, 2.75) is 45.3 Å². The molecule has 0 aliphatic rings. The Bertz CT molecular complexity index is 371. The van der Waals surface area contributed by atoms with Gasteiger partial charge in [0.25, 0.3) is 0 Å². The van der Waals surface area contributed by atoms with E-state index in [0.717, 1.165) is 30.7 Å². The number of nitrogens with two attached hydrogens (primary N) is 1. The van der Waals surface area contributed by atoms with E-state index in [1.54, 1.807) is 7.11 Å². The Morgan fingerprint density at radius 1 is 1.35 bits per heavy atom. The Morgan fingerprint density at radius 3 is 2.80 bits per heavy atom. The molecule has 2 atom stereocenters. The highest BCUT2D eigenvalue weighted by Gasteiger charge is 2.09. The van der Waals surface area contributed by atoms with Crippen molar-refractivity contribution in [3.8, 4) is 5.75 Å². The number of hydrogen-bond acceptors (Lipinski definition) is 4. The Morgan fingerprint density at radius 2 is 2.15 bits per heavy atom. The van der Waals surface area contributed by atoms with Gasteiger partial charge in [-0.3, -0.25) is 0 Å². The maximum atomic E-state index is 5.84. The molecule has 0 aromatic heterocycles. The Labute approximate surface area is 122 Å². The van der Waals surface area contributed by atoms with Gasteiger partial charge >= 0.3 is 0 Å². The molecule has 114 valence electrons. The van der Waals surface area contributed by atoms with Crippen LogP contribution < -0.4 is 15.8 Å². The van der Waals surface area contributed by atoms with Gasteiger partial charge in [-0.05, 0) is 44.9 Å². The highest BCUT2D eigenvalue weighted by Crippen LogP contribution is 2.20. The van der Waals surface area contributed by atoms with Crippen molar-refractivity contribution < 1.29 is 9.47 Å². The second-order valence-corrected chi connectivity index (χ2v) is 5.09. The number of methoxy groups -OCH3 is 1. The summed E-state index contributed by atoms with van der Waals surface area (Å²) in [4.78, 5) is 0. The molecule has 4 nitrogen and oxygen atoms in total. The molecule has 0 aliphatic heterocycles. The van der Waals surface area contributed by atoms with E-state index in [2.05, 4.69) is 25.2 Å². The van der Waals surface area contributed by atoms with Crippen LogP contribution in [0.2, 0.25) is 0 Å². The molecule has 0 heterocycles. The third-order valence-electron chi connectivity index (χ3n) is 3.24. The zero-order valence-corrected chi connectivity index (χ0v) is 12.9. The van der Waals surface area contributed by atoms with Crippen molar-refractivity contribution in [1.82, 2.24) is 0 Å². The van der Waals surface area contributed by atoms with Crippen molar-refractivity contribution in [2.24, 2.45) is 5.73 Å². The molecule has 0 fully saturated rings. The fourth-order valence-electron chi connectivity index (χ4n) is 1.97. The first kappa shape index (κ1) is 16.8. The average molecular weight is 280 g/mol. The van der Waals surface area contributed by atoms with Gasteiger partial charge < -0.3 is 20.5 Å². The first-order valence-electron chi connectivity index (χ1n) is 7.41. The number of hydrogen-bond donors (Lipinski definition) is 2. The van der Waals surface area contributed by atoms with Gasteiger partial charge in [0.2, 0.25) is 0 Å². The number of ether oxygens (including phenoxy) is 2. The standard InChI is InChI=1S/C16H28N2O2/c1-4-13(2)20-16-9-5-7-14(11-16)18-15(12-19-3)8-6-10-17/h5,7,9,11,13,15,18H,4,6,8,10,12,17H2,1-3H3. The maximum absolute atomic E-state index is 5.84. The number of benzene rings is 1. The lowest BCUT2D eigenvalue weighted by atomic mass is 10.1. The lowest BCUT2D eigenvalue weighted by Gasteiger charge is -2.20. The van der Waals surface area contributed by atoms with E-state index in [1.807, 2.05) is 18.2 Å². The van der Waals surface area contributed by atoms with E-state index in [4.69, 9.17) is 15.2 Å². The van der Waals surface area contributed by atoms with Crippen LogP contribution in [0.1, 0.15) is 33.1 Å².